The number of alkyl halides is 1. The fourth-order valence-corrected chi connectivity index (χ4v) is 2.06. The van der Waals surface area contributed by atoms with E-state index in [1.165, 1.54) is 0 Å². The van der Waals surface area contributed by atoms with Crippen LogP contribution in [0.15, 0.2) is 35.4 Å². The Kier molecular flexibility index (Phi) is 5.37. The number of rotatable bonds is 5. The van der Waals surface area contributed by atoms with Crippen molar-refractivity contribution in [2.24, 2.45) is 0 Å². The van der Waals surface area contributed by atoms with Crippen LogP contribution >= 0.6 is 35.0 Å². The Morgan fingerprint density at radius 2 is 2.27 bits per heavy atom. The van der Waals surface area contributed by atoms with E-state index in [1.807, 2.05) is 12.1 Å². The van der Waals surface area contributed by atoms with Crippen LogP contribution in [0.25, 0.3) is 0 Å². The van der Waals surface area contributed by atoms with Crippen LogP contribution in [0.1, 0.15) is 6.92 Å². The molecule has 0 radical (unpaired) electrons. The number of benzene rings is 1. The Morgan fingerprint density at radius 3 is 2.87 bits per heavy atom. The van der Waals surface area contributed by atoms with Gasteiger partial charge in [0.1, 0.15) is 11.5 Å². The second-order valence-electron chi connectivity index (χ2n) is 2.80. The Labute approximate surface area is 104 Å². The molecule has 82 valence electrons. The zero-order chi connectivity index (χ0) is 11.3. The Bertz CT molecular complexity index is 352. The van der Waals surface area contributed by atoms with Gasteiger partial charge in [0.25, 0.3) is 0 Å². The van der Waals surface area contributed by atoms with Crippen molar-refractivity contribution in [3.63, 3.8) is 0 Å². The molecule has 0 atom stereocenters. The number of ether oxygens (including phenoxy) is 1. The minimum atomic E-state index is 0.291. The monoisotopic (exact) mass is 262 g/mol. The van der Waals surface area contributed by atoms with E-state index < -0.39 is 0 Å². The van der Waals surface area contributed by atoms with Gasteiger partial charge in [-0.2, -0.15) is 0 Å². The number of allylic oxidation sites excluding steroid dienone is 1. The summed E-state index contributed by atoms with van der Waals surface area (Å²) in [6.45, 7) is 5.75. The van der Waals surface area contributed by atoms with Crippen molar-refractivity contribution >= 4 is 35.0 Å². The summed E-state index contributed by atoms with van der Waals surface area (Å²) in [5.74, 6) is 2.52. The molecule has 0 aliphatic heterocycles. The third kappa shape index (κ3) is 3.98. The Hall–Kier alpha value is -0.310. The highest BCUT2D eigenvalue weighted by Gasteiger charge is 2.03. The Morgan fingerprint density at radius 1 is 1.53 bits per heavy atom. The van der Waals surface area contributed by atoms with Gasteiger partial charge in [0.2, 0.25) is 0 Å². The van der Waals surface area contributed by atoms with E-state index in [0.717, 1.165) is 21.4 Å². The van der Waals surface area contributed by atoms with Gasteiger partial charge in [-0.15, -0.1) is 23.4 Å². The summed E-state index contributed by atoms with van der Waals surface area (Å²) in [6.07, 6.45) is 0. The molecule has 1 aromatic rings. The zero-order valence-corrected chi connectivity index (χ0v) is 10.8. The molecule has 15 heavy (non-hydrogen) atoms. The quantitative estimate of drug-likeness (QED) is 0.436. The topological polar surface area (TPSA) is 9.23 Å². The first-order valence-electron chi connectivity index (χ1n) is 4.51. The van der Waals surface area contributed by atoms with E-state index in [1.54, 1.807) is 17.8 Å². The van der Waals surface area contributed by atoms with Crippen molar-refractivity contribution in [3.8, 4) is 5.75 Å². The molecule has 4 heteroatoms. The molecule has 0 saturated carbocycles. The SMILES string of the molecule is C=C(CCl)Oc1ccc(Cl)c(SCC)c1. The fraction of sp³-hybridized carbons (Fsp3) is 0.273. The molecule has 0 amide bonds. The van der Waals surface area contributed by atoms with E-state index in [2.05, 4.69) is 13.5 Å². The van der Waals surface area contributed by atoms with Crippen molar-refractivity contribution in [2.45, 2.75) is 11.8 Å². The molecule has 1 aromatic carbocycles. The average molecular weight is 263 g/mol. The highest BCUT2D eigenvalue weighted by Crippen LogP contribution is 2.31. The summed E-state index contributed by atoms with van der Waals surface area (Å²) in [4.78, 5) is 1.01. The molecule has 0 aliphatic rings. The van der Waals surface area contributed by atoms with E-state index in [0.29, 0.717) is 11.6 Å². The van der Waals surface area contributed by atoms with Gasteiger partial charge in [-0.25, -0.2) is 0 Å². The summed E-state index contributed by atoms with van der Waals surface area (Å²) >= 11 is 13.3. The smallest absolute Gasteiger partial charge is 0.128 e. The van der Waals surface area contributed by atoms with Crippen molar-refractivity contribution in [2.75, 3.05) is 11.6 Å². The van der Waals surface area contributed by atoms with Gasteiger partial charge in [0.05, 0.1) is 10.9 Å². The highest BCUT2D eigenvalue weighted by atomic mass is 35.5. The molecule has 0 aromatic heterocycles. The van der Waals surface area contributed by atoms with Crippen LogP contribution in [-0.4, -0.2) is 11.6 Å². The van der Waals surface area contributed by atoms with Gasteiger partial charge in [-0.3, -0.25) is 0 Å². The number of thioether (sulfide) groups is 1. The van der Waals surface area contributed by atoms with E-state index >= 15 is 0 Å². The molecule has 0 spiro atoms. The van der Waals surface area contributed by atoms with Crippen LogP contribution in [-0.2, 0) is 0 Å². The van der Waals surface area contributed by atoms with Crippen LogP contribution in [0.4, 0.5) is 0 Å². The molecule has 0 saturated heterocycles. The summed E-state index contributed by atoms with van der Waals surface area (Å²) < 4.78 is 5.41. The second kappa shape index (κ2) is 6.31. The average Bonchev–Trinajstić information content (AvgIpc) is 2.23. The van der Waals surface area contributed by atoms with E-state index in [4.69, 9.17) is 27.9 Å². The number of hydrogen-bond donors (Lipinski definition) is 0. The first kappa shape index (κ1) is 12.8. The van der Waals surface area contributed by atoms with Crippen molar-refractivity contribution < 1.29 is 4.74 Å². The number of hydrogen-bond acceptors (Lipinski definition) is 2. The van der Waals surface area contributed by atoms with Crippen LogP contribution < -0.4 is 4.74 Å². The van der Waals surface area contributed by atoms with Crippen LogP contribution in [0.2, 0.25) is 5.02 Å². The van der Waals surface area contributed by atoms with Crippen molar-refractivity contribution in [1.29, 1.82) is 0 Å². The van der Waals surface area contributed by atoms with Crippen LogP contribution in [0.3, 0.4) is 0 Å². The predicted molar refractivity (Wildman–Crippen MR) is 68.3 cm³/mol. The molecule has 1 nitrogen and oxygen atoms in total. The maximum absolute atomic E-state index is 6.02. The minimum Gasteiger partial charge on any atom is -0.461 e. The maximum Gasteiger partial charge on any atom is 0.128 e. The van der Waals surface area contributed by atoms with E-state index in [9.17, 15) is 0 Å². The molecule has 0 N–H and O–H groups in total. The molecule has 1 rings (SSSR count). The van der Waals surface area contributed by atoms with Crippen molar-refractivity contribution in [1.82, 2.24) is 0 Å². The van der Waals surface area contributed by atoms with E-state index in [-0.39, 0.29) is 0 Å². The van der Waals surface area contributed by atoms with Crippen LogP contribution in [0, 0.1) is 0 Å². The first-order chi connectivity index (χ1) is 7.17. The summed E-state index contributed by atoms with van der Waals surface area (Å²) in [5, 5.41) is 0.741. The third-order valence-electron chi connectivity index (χ3n) is 1.61. The first-order valence-corrected chi connectivity index (χ1v) is 6.41. The highest BCUT2D eigenvalue weighted by molar-refractivity contribution is 7.99. The molecule has 0 aliphatic carbocycles. The standard InChI is InChI=1S/C11H12Cl2OS/c1-3-15-11-6-9(4-5-10(11)13)14-8(2)7-12/h4-6H,2-3,7H2,1H3. The molecular formula is C11H12Cl2OS. The second-order valence-corrected chi connectivity index (χ2v) is 4.78. The normalized spacial score (nSPS) is 10.1. The predicted octanol–water partition coefficient (Wildman–Crippen LogP) is 4.58. The lowest BCUT2D eigenvalue weighted by Crippen LogP contribution is -1.94. The largest absolute Gasteiger partial charge is 0.461 e. The Balaban J connectivity index is 2.82. The molecule has 0 heterocycles. The number of halogens is 2. The van der Waals surface area contributed by atoms with Gasteiger partial charge in [-0.05, 0) is 24.0 Å². The molecular weight excluding hydrogens is 251 g/mol. The van der Waals surface area contributed by atoms with Crippen molar-refractivity contribution in [3.05, 3.63) is 35.6 Å². The third-order valence-corrected chi connectivity index (χ3v) is 3.29. The summed E-state index contributed by atoms with van der Waals surface area (Å²) in [5.41, 5.74) is 0. The maximum atomic E-state index is 6.02. The van der Waals surface area contributed by atoms with Gasteiger partial charge in [0, 0.05) is 4.90 Å². The molecule has 0 fully saturated rings. The summed E-state index contributed by atoms with van der Waals surface area (Å²) in [6, 6.07) is 5.52. The van der Waals surface area contributed by atoms with Gasteiger partial charge < -0.3 is 4.74 Å². The minimum absolute atomic E-state index is 0.291. The molecule has 0 bridgehead atoms. The lowest BCUT2D eigenvalue weighted by atomic mass is 10.3. The zero-order valence-electron chi connectivity index (χ0n) is 8.43. The van der Waals surface area contributed by atoms with Gasteiger partial charge >= 0.3 is 0 Å². The van der Waals surface area contributed by atoms with Crippen LogP contribution in [0.5, 0.6) is 5.75 Å². The van der Waals surface area contributed by atoms with Gasteiger partial charge in [-0.1, -0.05) is 25.1 Å². The van der Waals surface area contributed by atoms with Gasteiger partial charge in [0.15, 0.2) is 0 Å². The summed E-state index contributed by atoms with van der Waals surface area (Å²) in [7, 11) is 0. The lowest BCUT2D eigenvalue weighted by Gasteiger charge is -2.08. The lowest BCUT2D eigenvalue weighted by molar-refractivity contribution is 0.431. The fourth-order valence-electron chi connectivity index (χ4n) is 1.01. The molecule has 0 unspecified atom stereocenters.